The fraction of sp³-hybridized carbons (Fsp3) is 0.500. The zero-order chi connectivity index (χ0) is 32.5. The maximum absolute atomic E-state index is 5.77. The summed E-state index contributed by atoms with van der Waals surface area (Å²) in [5.74, 6) is 0.821. The molecule has 3 heterocycles. The highest BCUT2D eigenvalue weighted by Crippen LogP contribution is 2.34. The van der Waals surface area contributed by atoms with Crippen molar-refractivity contribution in [1.82, 2.24) is 25.1 Å². The summed E-state index contributed by atoms with van der Waals surface area (Å²) in [5, 5.41) is 10.8. The third-order valence-electron chi connectivity index (χ3n) is 9.65. The maximum atomic E-state index is 5.77. The summed E-state index contributed by atoms with van der Waals surface area (Å²) in [5.41, 5.74) is 8.66. The number of hydrogen-bond donors (Lipinski definition) is 3. The third-order valence-corrected chi connectivity index (χ3v) is 9.65. The molecule has 0 spiro atoms. The number of fused-ring (bicyclic) bond motifs is 1. The standard InChI is InChI=1S/C38H54N6O/c1-25-13-16-30(17-14-25)26(2)41-36-42-33-20-29(22-39-28(4)37(5,6)7)15-18-35(33)44(36)24-31-12-11-19-43(31)27(3)32(34-23-40-34)21-38(8,9)45-10/h13-18,20-21,28,31,34,39-40H,2-3,11-12,19,22-24H2,1,4-10H3,(H,41,42)/b32-21-/t28-,31?,34?/m0/s1. The lowest BCUT2D eigenvalue weighted by Crippen LogP contribution is -2.37. The van der Waals surface area contributed by atoms with Crippen LogP contribution in [0, 0.1) is 12.3 Å². The Labute approximate surface area is 270 Å². The summed E-state index contributed by atoms with van der Waals surface area (Å²) in [4.78, 5) is 7.67. The van der Waals surface area contributed by atoms with E-state index < -0.39 is 0 Å². The van der Waals surface area contributed by atoms with E-state index in [0.717, 1.165) is 73.0 Å². The second kappa shape index (κ2) is 13.1. The first-order valence-electron chi connectivity index (χ1n) is 16.5. The molecule has 0 radical (unpaired) electrons. The van der Waals surface area contributed by atoms with Crippen molar-refractivity contribution in [2.45, 2.75) is 98.1 Å². The van der Waals surface area contributed by atoms with Gasteiger partial charge in [0.1, 0.15) is 0 Å². The van der Waals surface area contributed by atoms with Crippen LogP contribution in [-0.4, -0.2) is 58.4 Å². The molecule has 3 atom stereocenters. The van der Waals surface area contributed by atoms with Crippen molar-refractivity contribution in [3.05, 3.63) is 89.7 Å². The van der Waals surface area contributed by atoms with Crippen LogP contribution in [0.3, 0.4) is 0 Å². The summed E-state index contributed by atoms with van der Waals surface area (Å²) in [6.07, 6.45) is 4.48. The van der Waals surface area contributed by atoms with Crippen LogP contribution in [0.5, 0.6) is 0 Å². The molecule has 5 rings (SSSR count). The molecule has 0 bridgehead atoms. The first-order valence-corrected chi connectivity index (χ1v) is 16.5. The molecular weight excluding hydrogens is 556 g/mol. The number of likely N-dealkylation sites (tertiary alicyclic amines) is 1. The van der Waals surface area contributed by atoms with Crippen LogP contribution in [0.25, 0.3) is 16.7 Å². The number of ether oxygens (including phenoxy) is 1. The van der Waals surface area contributed by atoms with Gasteiger partial charge in [0.15, 0.2) is 0 Å². The largest absolute Gasteiger partial charge is 0.375 e. The Hall–Kier alpha value is -3.39. The Morgan fingerprint density at radius 1 is 1.13 bits per heavy atom. The smallest absolute Gasteiger partial charge is 0.208 e. The monoisotopic (exact) mass is 610 g/mol. The molecule has 0 saturated carbocycles. The number of aryl methyl sites for hydroxylation is 1. The second-order valence-corrected chi connectivity index (χ2v) is 14.6. The lowest BCUT2D eigenvalue weighted by atomic mass is 9.88. The molecule has 2 aliphatic rings. The fourth-order valence-electron chi connectivity index (χ4n) is 5.96. The van der Waals surface area contributed by atoms with Gasteiger partial charge in [0, 0.05) is 62.8 Å². The summed E-state index contributed by atoms with van der Waals surface area (Å²) in [7, 11) is 1.77. The number of aromatic nitrogens is 2. The topological polar surface area (TPSA) is 76.3 Å². The Kier molecular flexibility index (Phi) is 9.64. The Morgan fingerprint density at radius 2 is 1.84 bits per heavy atom. The predicted molar refractivity (Wildman–Crippen MR) is 189 cm³/mol. The van der Waals surface area contributed by atoms with Crippen molar-refractivity contribution < 1.29 is 4.74 Å². The van der Waals surface area contributed by atoms with E-state index in [1.807, 2.05) is 0 Å². The van der Waals surface area contributed by atoms with Crippen LogP contribution >= 0.6 is 0 Å². The minimum atomic E-state index is -0.358. The molecule has 45 heavy (non-hydrogen) atoms. The van der Waals surface area contributed by atoms with E-state index in [1.165, 1.54) is 16.7 Å². The van der Waals surface area contributed by atoms with Crippen molar-refractivity contribution in [2.24, 2.45) is 5.41 Å². The zero-order valence-corrected chi connectivity index (χ0v) is 28.8. The summed E-state index contributed by atoms with van der Waals surface area (Å²) in [6.45, 7) is 28.0. The lowest BCUT2D eigenvalue weighted by Gasteiger charge is -2.32. The van der Waals surface area contributed by atoms with Gasteiger partial charge in [0.2, 0.25) is 5.95 Å². The molecule has 2 fully saturated rings. The molecule has 3 N–H and O–H groups in total. The van der Waals surface area contributed by atoms with E-state index >= 15 is 0 Å². The van der Waals surface area contributed by atoms with Gasteiger partial charge in [0.05, 0.1) is 16.6 Å². The summed E-state index contributed by atoms with van der Waals surface area (Å²) in [6, 6.07) is 16.2. The van der Waals surface area contributed by atoms with Crippen LogP contribution in [0.15, 0.2) is 73.0 Å². The minimum absolute atomic E-state index is 0.195. The van der Waals surface area contributed by atoms with E-state index in [1.54, 1.807) is 7.11 Å². The zero-order valence-electron chi connectivity index (χ0n) is 28.8. The molecular formula is C38H54N6O. The van der Waals surface area contributed by atoms with Gasteiger partial charge in [-0.3, -0.25) is 0 Å². The number of nitrogens with zero attached hydrogens (tertiary/aromatic N) is 3. The van der Waals surface area contributed by atoms with Crippen LogP contribution in [-0.2, 0) is 17.8 Å². The predicted octanol–water partition coefficient (Wildman–Crippen LogP) is 7.25. The van der Waals surface area contributed by atoms with Gasteiger partial charge in [-0.05, 0) is 80.9 Å². The summed E-state index contributed by atoms with van der Waals surface area (Å²) >= 11 is 0. The number of methoxy groups -OCH3 is 1. The summed E-state index contributed by atoms with van der Waals surface area (Å²) < 4.78 is 8.12. The highest BCUT2D eigenvalue weighted by molar-refractivity contribution is 5.82. The number of benzene rings is 2. The van der Waals surface area contributed by atoms with Crippen molar-refractivity contribution in [3.8, 4) is 0 Å². The Morgan fingerprint density at radius 3 is 2.49 bits per heavy atom. The minimum Gasteiger partial charge on any atom is -0.375 e. The first kappa shape index (κ1) is 33.0. The van der Waals surface area contributed by atoms with Gasteiger partial charge in [-0.2, -0.15) is 0 Å². The normalized spacial score (nSPS) is 19.6. The van der Waals surface area contributed by atoms with Crippen molar-refractivity contribution in [2.75, 3.05) is 25.5 Å². The molecule has 1 aromatic heterocycles. The Balaban J connectivity index is 1.45. The van der Waals surface area contributed by atoms with Crippen LogP contribution in [0.1, 0.15) is 71.1 Å². The molecule has 2 unspecified atom stereocenters. The first-order chi connectivity index (χ1) is 21.3. The van der Waals surface area contributed by atoms with Crippen LogP contribution < -0.4 is 16.0 Å². The highest BCUT2D eigenvalue weighted by Gasteiger charge is 2.35. The molecule has 7 heteroatoms. The Bertz CT molecular complexity index is 1550. The van der Waals surface area contributed by atoms with E-state index in [2.05, 4.69) is 136 Å². The van der Waals surface area contributed by atoms with E-state index in [4.69, 9.17) is 9.72 Å². The molecule has 7 nitrogen and oxygen atoms in total. The molecule has 2 saturated heterocycles. The van der Waals surface area contributed by atoms with E-state index in [9.17, 15) is 0 Å². The van der Waals surface area contributed by atoms with Crippen molar-refractivity contribution >= 4 is 22.7 Å². The fourth-order valence-corrected chi connectivity index (χ4v) is 5.96. The van der Waals surface area contributed by atoms with Gasteiger partial charge < -0.3 is 30.2 Å². The lowest BCUT2D eigenvalue weighted by molar-refractivity contribution is 0.0646. The third kappa shape index (κ3) is 7.89. The van der Waals surface area contributed by atoms with Crippen molar-refractivity contribution in [1.29, 1.82) is 0 Å². The number of anilines is 1. The molecule has 0 aliphatic carbocycles. The van der Waals surface area contributed by atoms with Gasteiger partial charge in [-0.1, -0.05) is 69.8 Å². The molecule has 2 aliphatic heterocycles. The van der Waals surface area contributed by atoms with Crippen LogP contribution in [0.4, 0.5) is 5.95 Å². The number of imidazole rings is 1. The van der Waals surface area contributed by atoms with E-state index in [0.29, 0.717) is 18.1 Å². The van der Waals surface area contributed by atoms with Crippen molar-refractivity contribution in [3.63, 3.8) is 0 Å². The SMILES string of the molecule is C=C(Nc1nc2cc(CN[C@@H](C)C(C)(C)C)ccc2n1CC1CCCN1C(=C)/C(=C/C(C)(C)OC)C1CN1)c1ccc(C)cc1. The van der Waals surface area contributed by atoms with Crippen LogP contribution in [0.2, 0.25) is 0 Å². The van der Waals surface area contributed by atoms with Gasteiger partial charge in [0.25, 0.3) is 0 Å². The van der Waals surface area contributed by atoms with Gasteiger partial charge >= 0.3 is 0 Å². The molecule has 242 valence electrons. The quantitative estimate of drug-likeness (QED) is 0.140. The van der Waals surface area contributed by atoms with E-state index in [-0.39, 0.29) is 11.0 Å². The average Bonchev–Trinajstić information content (AvgIpc) is 3.64. The molecule has 2 aromatic carbocycles. The highest BCUT2D eigenvalue weighted by atomic mass is 16.5. The molecule has 0 amide bonds. The van der Waals surface area contributed by atoms with Gasteiger partial charge in [-0.25, -0.2) is 4.98 Å². The second-order valence-electron chi connectivity index (χ2n) is 14.6. The number of nitrogens with one attached hydrogen (secondary N) is 3. The molecule has 3 aromatic rings. The maximum Gasteiger partial charge on any atom is 0.208 e. The van der Waals surface area contributed by atoms with Gasteiger partial charge in [-0.15, -0.1) is 0 Å². The number of rotatable bonds is 13. The average molecular weight is 611 g/mol. The number of hydrogen-bond acceptors (Lipinski definition) is 6.